The number of anilines is 1. The first-order valence-electron chi connectivity index (χ1n) is 9.73. The van der Waals surface area contributed by atoms with E-state index >= 15 is 0 Å². The summed E-state index contributed by atoms with van der Waals surface area (Å²) in [6, 6.07) is 16.7. The van der Waals surface area contributed by atoms with Gasteiger partial charge in [-0.1, -0.05) is 36.4 Å². The summed E-state index contributed by atoms with van der Waals surface area (Å²) in [4.78, 5) is 25.0. The Kier molecular flexibility index (Phi) is 6.97. The largest absolute Gasteiger partial charge is 0.493 e. The van der Waals surface area contributed by atoms with E-state index in [1.54, 1.807) is 12.1 Å². The molecule has 1 amide bonds. The molecule has 31 heavy (non-hydrogen) atoms. The lowest BCUT2D eigenvalue weighted by Gasteiger charge is -2.16. The Labute approximate surface area is 180 Å². The van der Waals surface area contributed by atoms with Crippen molar-refractivity contribution in [2.24, 2.45) is 0 Å². The minimum Gasteiger partial charge on any atom is -0.493 e. The van der Waals surface area contributed by atoms with Crippen LogP contribution in [0.15, 0.2) is 54.6 Å². The molecule has 0 aliphatic rings. The van der Waals surface area contributed by atoms with Gasteiger partial charge in [-0.3, -0.25) is 9.59 Å². The number of nitrogens with one attached hydrogen (secondary N) is 1. The molecule has 3 aromatic carbocycles. The molecule has 0 saturated carbocycles. The molecular weight excluding hydrogens is 398 g/mol. The zero-order chi connectivity index (χ0) is 22.4. The standard InChI is InChI=1S/C24H25NO6/c1-15(24(27)25-19-11-7-9-17-8-5-6-10-18(17)19)31-22(26)14-16-12-20(28-2)23(30-4)21(13-16)29-3/h5-13,15H,14H2,1-4H3,(H,25,27)/t15-/m1/s1. The SMILES string of the molecule is COc1cc(CC(=O)O[C@H](C)C(=O)Nc2cccc3ccccc23)cc(OC)c1OC. The van der Waals surface area contributed by atoms with Crippen molar-refractivity contribution < 1.29 is 28.5 Å². The first-order chi connectivity index (χ1) is 15.0. The van der Waals surface area contributed by atoms with Gasteiger partial charge in [0.25, 0.3) is 5.91 Å². The van der Waals surface area contributed by atoms with E-state index in [1.165, 1.54) is 28.3 Å². The second kappa shape index (κ2) is 9.84. The van der Waals surface area contributed by atoms with Crippen molar-refractivity contribution in [2.75, 3.05) is 26.6 Å². The Balaban J connectivity index is 1.67. The molecule has 0 spiro atoms. The van der Waals surface area contributed by atoms with Crippen molar-refractivity contribution >= 4 is 28.3 Å². The number of rotatable bonds is 8. The van der Waals surface area contributed by atoms with Crippen LogP contribution in [-0.2, 0) is 20.7 Å². The molecule has 0 fully saturated rings. The molecule has 7 nitrogen and oxygen atoms in total. The number of carbonyl (C=O) groups is 2. The van der Waals surface area contributed by atoms with Crippen LogP contribution in [0.25, 0.3) is 10.8 Å². The third kappa shape index (κ3) is 5.06. The molecule has 3 rings (SSSR count). The van der Waals surface area contributed by atoms with Crippen molar-refractivity contribution in [3.05, 3.63) is 60.2 Å². The van der Waals surface area contributed by atoms with Gasteiger partial charge in [0.1, 0.15) is 0 Å². The zero-order valence-electron chi connectivity index (χ0n) is 17.9. The summed E-state index contributed by atoms with van der Waals surface area (Å²) in [5.41, 5.74) is 1.27. The maximum Gasteiger partial charge on any atom is 0.311 e. The number of ether oxygens (including phenoxy) is 4. The quantitative estimate of drug-likeness (QED) is 0.552. The summed E-state index contributed by atoms with van der Waals surface area (Å²) in [6.07, 6.45) is -1.02. The first kappa shape index (κ1) is 22.0. The normalized spacial score (nSPS) is 11.5. The summed E-state index contributed by atoms with van der Waals surface area (Å²) in [7, 11) is 4.50. The van der Waals surface area contributed by atoms with Gasteiger partial charge in [0, 0.05) is 11.1 Å². The number of esters is 1. The van der Waals surface area contributed by atoms with Crippen molar-refractivity contribution in [3.63, 3.8) is 0 Å². The zero-order valence-corrected chi connectivity index (χ0v) is 17.9. The van der Waals surface area contributed by atoms with Gasteiger partial charge < -0.3 is 24.3 Å². The molecule has 0 saturated heterocycles. The van der Waals surface area contributed by atoms with Crippen molar-refractivity contribution in [1.82, 2.24) is 0 Å². The first-order valence-corrected chi connectivity index (χ1v) is 9.73. The van der Waals surface area contributed by atoms with E-state index in [4.69, 9.17) is 18.9 Å². The van der Waals surface area contributed by atoms with E-state index < -0.39 is 18.0 Å². The van der Waals surface area contributed by atoms with Crippen LogP contribution in [0.5, 0.6) is 17.2 Å². The predicted molar refractivity (Wildman–Crippen MR) is 118 cm³/mol. The second-order valence-electron chi connectivity index (χ2n) is 6.86. The van der Waals surface area contributed by atoms with Crippen molar-refractivity contribution in [3.8, 4) is 17.2 Å². The van der Waals surface area contributed by atoms with Crippen LogP contribution < -0.4 is 19.5 Å². The lowest BCUT2D eigenvalue weighted by Crippen LogP contribution is -2.30. The molecule has 3 aromatic rings. The monoisotopic (exact) mass is 423 g/mol. The summed E-state index contributed by atoms with van der Waals surface area (Å²) >= 11 is 0. The minimum atomic E-state index is -0.964. The van der Waals surface area contributed by atoms with Crippen LogP contribution in [0.4, 0.5) is 5.69 Å². The number of amides is 1. The molecule has 0 heterocycles. The van der Waals surface area contributed by atoms with Gasteiger partial charge in [-0.05, 0) is 36.1 Å². The van der Waals surface area contributed by atoms with E-state index in [1.807, 2.05) is 42.5 Å². The van der Waals surface area contributed by atoms with E-state index in [-0.39, 0.29) is 6.42 Å². The van der Waals surface area contributed by atoms with E-state index in [9.17, 15) is 9.59 Å². The molecule has 7 heteroatoms. The molecule has 0 bridgehead atoms. The molecule has 0 aromatic heterocycles. The predicted octanol–water partition coefficient (Wildman–Crippen LogP) is 3.98. The fraction of sp³-hybridized carbons (Fsp3) is 0.250. The Morgan fingerprint density at radius 3 is 2.19 bits per heavy atom. The molecule has 0 unspecified atom stereocenters. The average molecular weight is 423 g/mol. The molecule has 0 aliphatic carbocycles. The third-order valence-electron chi connectivity index (χ3n) is 4.80. The summed E-state index contributed by atoms with van der Waals surface area (Å²) in [6.45, 7) is 1.54. The topological polar surface area (TPSA) is 83.1 Å². The van der Waals surface area contributed by atoms with Crippen LogP contribution in [0.1, 0.15) is 12.5 Å². The van der Waals surface area contributed by atoms with Gasteiger partial charge in [-0.15, -0.1) is 0 Å². The number of carbonyl (C=O) groups excluding carboxylic acids is 2. The van der Waals surface area contributed by atoms with Gasteiger partial charge in [0.2, 0.25) is 5.75 Å². The van der Waals surface area contributed by atoms with Crippen LogP contribution in [0.3, 0.4) is 0 Å². The Bertz CT molecular complexity index is 1060. The maximum absolute atomic E-state index is 12.6. The van der Waals surface area contributed by atoms with Gasteiger partial charge in [-0.2, -0.15) is 0 Å². The molecule has 162 valence electrons. The van der Waals surface area contributed by atoms with E-state index in [2.05, 4.69) is 5.32 Å². The average Bonchev–Trinajstić information content (AvgIpc) is 2.78. The minimum absolute atomic E-state index is 0.0530. The highest BCUT2D eigenvalue weighted by atomic mass is 16.5. The van der Waals surface area contributed by atoms with Crippen molar-refractivity contribution in [2.45, 2.75) is 19.4 Å². The summed E-state index contributed by atoms with van der Waals surface area (Å²) in [5, 5.41) is 4.75. The smallest absolute Gasteiger partial charge is 0.311 e. The second-order valence-corrected chi connectivity index (χ2v) is 6.86. The summed E-state index contributed by atoms with van der Waals surface area (Å²) in [5.74, 6) is 0.354. The van der Waals surface area contributed by atoms with Gasteiger partial charge in [0.15, 0.2) is 17.6 Å². The van der Waals surface area contributed by atoms with Gasteiger partial charge in [-0.25, -0.2) is 0 Å². The number of hydrogen-bond donors (Lipinski definition) is 1. The third-order valence-corrected chi connectivity index (χ3v) is 4.80. The highest BCUT2D eigenvalue weighted by Gasteiger charge is 2.20. The lowest BCUT2D eigenvalue weighted by molar-refractivity contribution is -0.152. The number of fused-ring (bicyclic) bond motifs is 1. The molecular formula is C24H25NO6. The van der Waals surface area contributed by atoms with Crippen molar-refractivity contribution in [1.29, 1.82) is 0 Å². The Hall–Kier alpha value is -3.74. The van der Waals surface area contributed by atoms with Crippen LogP contribution in [-0.4, -0.2) is 39.3 Å². The van der Waals surface area contributed by atoms with Gasteiger partial charge >= 0.3 is 5.97 Å². The van der Waals surface area contributed by atoms with Crippen LogP contribution in [0.2, 0.25) is 0 Å². The Morgan fingerprint density at radius 1 is 0.903 bits per heavy atom. The maximum atomic E-state index is 12.6. The van der Waals surface area contributed by atoms with Gasteiger partial charge in [0.05, 0.1) is 27.8 Å². The van der Waals surface area contributed by atoms with Crippen LogP contribution in [0, 0.1) is 0 Å². The molecule has 0 aliphatic heterocycles. The van der Waals surface area contributed by atoms with E-state index in [0.717, 1.165) is 10.8 Å². The molecule has 1 atom stereocenters. The number of methoxy groups -OCH3 is 3. The molecule has 0 radical (unpaired) electrons. The Morgan fingerprint density at radius 2 is 1.55 bits per heavy atom. The lowest BCUT2D eigenvalue weighted by atomic mass is 10.1. The number of benzene rings is 3. The van der Waals surface area contributed by atoms with Crippen LogP contribution >= 0.6 is 0 Å². The highest BCUT2D eigenvalue weighted by molar-refractivity contribution is 6.03. The highest BCUT2D eigenvalue weighted by Crippen LogP contribution is 2.38. The molecule has 1 N–H and O–H groups in total. The fourth-order valence-electron chi connectivity index (χ4n) is 3.27. The van der Waals surface area contributed by atoms with E-state index in [0.29, 0.717) is 28.5 Å². The summed E-state index contributed by atoms with van der Waals surface area (Å²) < 4.78 is 21.2. The fourth-order valence-corrected chi connectivity index (χ4v) is 3.27. The number of hydrogen-bond acceptors (Lipinski definition) is 6.